The normalized spacial score (nSPS) is 26.5. The topological polar surface area (TPSA) is 79.0 Å². The van der Waals surface area contributed by atoms with E-state index in [2.05, 4.69) is 10.2 Å². The molecule has 0 aliphatic carbocycles. The summed E-state index contributed by atoms with van der Waals surface area (Å²) in [4.78, 5) is 14.3. The van der Waals surface area contributed by atoms with Crippen LogP contribution >= 0.6 is 0 Å². The van der Waals surface area contributed by atoms with E-state index < -0.39 is 10.0 Å². The van der Waals surface area contributed by atoms with E-state index >= 15 is 0 Å². The van der Waals surface area contributed by atoms with E-state index in [1.807, 2.05) is 0 Å². The standard InChI is InChI=1S/C14H27N3O4S/c1-15-14(18)13-10-16(9-12-3-7-21-8-4-12)5-6-17(11-13)22(2,19)20/h12-13H,3-11H2,1-2H3,(H,15,18). The van der Waals surface area contributed by atoms with Gasteiger partial charge >= 0.3 is 0 Å². The summed E-state index contributed by atoms with van der Waals surface area (Å²) >= 11 is 0. The molecule has 0 saturated carbocycles. The molecule has 2 heterocycles. The molecular formula is C14H27N3O4S. The molecule has 7 nitrogen and oxygen atoms in total. The van der Waals surface area contributed by atoms with Crippen LogP contribution < -0.4 is 5.32 Å². The second-order valence-corrected chi connectivity index (χ2v) is 8.23. The van der Waals surface area contributed by atoms with Crippen molar-refractivity contribution in [1.82, 2.24) is 14.5 Å². The zero-order valence-corrected chi connectivity index (χ0v) is 14.3. The van der Waals surface area contributed by atoms with E-state index in [0.717, 1.165) is 32.6 Å². The van der Waals surface area contributed by atoms with Crippen LogP contribution in [0.5, 0.6) is 0 Å². The molecule has 1 N–H and O–H groups in total. The maximum absolute atomic E-state index is 12.1. The molecular weight excluding hydrogens is 306 g/mol. The predicted octanol–water partition coefficient (Wildman–Crippen LogP) is -0.648. The molecule has 2 aliphatic heterocycles. The number of carbonyl (C=O) groups excluding carboxylic acids is 1. The minimum atomic E-state index is -3.27. The lowest BCUT2D eigenvalue weighted by atomic mass is 9.99. The SMILES string of the molecule is CNC(=O)C1CN(CC2CCOCC2)CCN(S(C)(=O)=O)C1. The van der Waals surface area contributed by atoms with Gasteiger partial charge in [0.2, 0.25) is 15.9 Å². The molecule has 2 aliphatic rings. The summed E-state index contributed by atoms with van der Waals surface area (Å²) in [6.07, 6.45) is 3.29. The van der Waals surface area contributed by atoms with E-state index in [1.54, 1.807) is 7.05 Å². The first kappa shape index (κ1) is 17.7. The zero-order valence-electron chi connectivity index (χ0n) is 13.5. The summed E-state index contributed by atoms with van der Waals surface area (Å²) in [5.41, 5.74) is 0. The molecule has 22 heavy (non-hydrogen) atoms. The van der Waals surface area contributed by atoms with Crippen LogP contribution in [0.15, 0.2) is 0 Å². The highest BCUT2D eigenvalue weighted by Gasteiger charge is 2.32. The highest BCUT2D eigenvalue weighted by Crippen LogP contribution is 2.19. The minimum Gasteiger partial charge on any atom is -0.381 e. The van der Waals surface area contributed by atoms with Gasteiger partial charge in [0, 0.05) is 53.0 Å². The van der Waals surface area contributed by atoms with Gasteiger partial charge in [-0.2, -0.15) is 0 Å². The van der Waals surface area contributed by atoms with Crippen molar-refractivity contribution in [3.8, 4) is 0 Å². The molecule has 0 aromatic heterocycles. The maximum atomic E-state index is 12.1. The van der Waals surface area contributed by atoms with Gasteiger partial charge in [-0.15, -0.1) is 0 Å². The molecule has 1 atom stereocenters. The number of amides is 1. The van der Waals surface area contributed by atoms with Crippen molar-refractivity contribution in [3.63, 3.8) is 0 Å². The van der Waals surface area contributed by atoms with Crippen LogP contribution in [0, 0.1) is 11.8 Å². The smallest absolute Gasteiger partial charge is 0.225 e. The van der Waals surface area contributed by atoms with E-state index in [1.165, 1.54) is 10.6 Å². The monoisotopic (exact) mass is 333 g/mol. The Bertz CT molecular complexity index is 476. The molecule has 0 spiro atoms. The van der Waals surface area contributed by atoms with Crippen molar-refractivity contribution in [2.45, 2.75) is 12.8 Å². The Labute approximate surface area is 133 Å². The van der Waals surface area contributed by atoms with Crippen molar-refractivity contribution in [2.75, 3.05) is 59.2 Å². The number of hydrogen-bond acceptors (Lipinski definition) is 5. The van der Waals surface area contributed by atoms with Crippen molar-refractivity contribution >= 4 is 15.9 Å². The molecule has 1 amide bonds. The van der Waals surface area contributed by atoms with Crippen LogP contribution in [0.2, 0.25) is 0 Å². The van der Waals surface area contributed by atoms with Gasteiger partial charge in [-0.3, -0.25) is 4.79 Å². The molecule has 0 aromatic carbocycles. The van der Waals surface area contributed by atoms with E-state index in [-0.39, 0.29) is 18.4 Å². The third kappa shape index (κ3) is 4.91. The van der Waals surface area contributed by atoms with Crippen molar-refractivity contribution in [2.24, 2.45) is 11.8 Å². The quantitative estimate of drug-likeness (QED) is 0.740. The first-order valence-corrected chi connectivity index (χ1v) is 9.71. The Morgan fingerprint density at radius 2 is 1.91 bits per heavy atom. The van der Waals surface area contributed by atoms with Gasteiger partial charge in [-0.25, -0.2) is 12.7 Å². The van der Waals surface area contributed by atoms with E-state index in [9.17, 15) is 13.2 Å². The Kier molecular flexibility index (Phi) is 6.19. The molecule has 128 valence electrons. The maximum Gasteiger partial charge on any atom is 0.225 e. The average molecular weight is 333 g/mol. The molecule has 0 aromatic rings. The molecule has 8 heteroatoms. The number of nitrogens with zero attached hydrogens (tertiary/aromatic N) is 2. The highest BCUT2D eigenvalue weighted by atomic mass is 32.2. The molecule has 2 fully saturated rings. The highest BCUT2D eigenvalue weighted by molar-refractivity contribution is 7.88. The summed E-state index contributed by atoms with van der Waals surface area (Å²) in [5, 5.41) is 2.65. The number of ether oxygens (including phenoxy) is 1. The fourth-order valence-corrected chi connectivity index (χ4v) is 4.05. The minimum absolute atomic E-state index is 0.0903. The molecule has 1 unspecified atom stereocenters. The van der Waals surface area contributed by atoms with Crippen LogP contribution in [-0.2, 0) is 19.6 Å². The second-order valence-electron chi connectivity index (χ2n) is 6.25. The Balaban J connectivity index is 2.03. The van der Waals surface area contributed by atoms with Gasteiger partial charge < -0.3 is 15.0 Å². The number of hydrogen-bond donors (Lipinski definition) is 1. The van der Waals surface area contributed by atoms with Gasteiger partial charge in [-0.1, -0.05) is 0 Å². The Morgan fingerprint density at radius 1 is 1.23 bits per heavy atom. The summed E-state index contributed by atoms with van der Waals surface area (Å²) in [6, 6.07) is 0. The van der Waals surface area contributed by atoms with E-state index in [4.69, 9.17) is 4.74 Å². The summed E-state index contributed by atoms with van der Waals surface area (Å²) in [5.74, 6) is 0.165. The van der Waals surface area contributed by atoms with Crippen molar-refractivity contribution < 1.29 is 17.9 Å². The van der Waals surface area contributed by atoms with Crippen LogP contribution in [0.1, 0.15) is 12.8 Å². The largest absolute Gasteiger partial charge is 0.381 e. The summed E-state index contributed by atoms with van der Waals surface area (Å²) in [6.45, 7) is 4.52. The molecule has 0 radical (unpaired) electrons. The zero-order chi connectivity index (χ0) is 16.2. The lowest BCUT2D eigenvalue weighted by Gasteiger charge is -2.29. The summed E-state index contributed by atoms with van der Waals surface area (Å²) < 4.78 is 30.5. The van der Waals surface area contributed by atoms with Gasteiger partial charge in [0.15, 0.2) is 0 Å². The third-order valence-electron chi connectivity index (χ3n) is 4.51. The average Bonchev–Trinajstić information content (AvgIpc) is 2.70. The Hall–Kier alpha value is -0.700. The fourth-order valence-electron chi connectivity index (χ4n) is 3.18. The number of carbonyl (C=O) groups is 1. The lowest BCUT2D eigenvalue weighted by molar-refractivity contribution is -0.125. The van der Waals surface area contributed by atoms with E-state index in [0.29, 0.717) is 25.6 Å². The van der Waals surface area contributed by atoms with Crippen LogP contribution in [-0.4, -0.2) is 82.8 Å². The van der Waals surface area contributed by atoms with Crippen LogP contribution in [0.25, 0.3) is 0 Å². The van der Waals surface area contributed by atoms with Gasteiger partial charge in [0.1, 0.15) is 0 Å². The Morgan fingerprint density at radius 3 is 2.50 bits per heavy atom. The van der Waals surface area contributed by atoms with Crippen LogP contribution in [0.3, 0.4) is 0 Å². The van der Waals surface area contributed by atoms with Crippen molar-refractivity contribution in [1.29, 1.82) is 0 Å². The summed E-state index contributed by atoms with van der Waals surface area (Å²) in [7, 11) is -1.68. The third-order valence-corrected chi connectivity index (χ3v) is 5.78. The molecule has 2 saturated heterocycles. The van der Waals surface area contributed by atoms with Gasteiger partial charge in [-0.05, 0) is 18.8 Å². The molecule has 2 rings (SSSR count). The number of nitrogens with one attached hydrogen (secondary N) is 1. The molecule has 0 bridgehead atoms. The van der Waals surface area contributed by atoms with Crippen LogP contribution in [0.4, 0.5) is 0 Å². The number of sulfonamides is 1. The second kappa shape index (κ2) is 7.72. The van der Waals surface area contributed by atoms with Crippen molar-refractivity contribution in [3.05, 3.63) is 0 Å². The first-order valence-electron chi connectivity index (χ1n) is 7.87. The number of rotatable bonds is 4. The van der Waals surface area contributed by atoms with Gasteiger partial charge in [0.25, 0.3) is 0 Å². The fraction of sp³-hybridized carbons (Fsp3) is 0.929. The first-order chi connectivity index (χ1) is 10.4. The predicted molar refractivity (Wildman–Crippen MR) is 84.0 cm³/mol. The van der Waals surface area contributed by atoms with Gasteiger partial charge in [0.05, 0.1) is 12.2 Å². The lowest BCUT2D eigenvalue weighted by Crippen LogP contribution is -2.42.